The van der Waals surface area contributed by atoms with E-state index in [9.17, 15) is 14.4 Å². The minimum Gasteiger partial charge on any atom is -0.454 e. The Morgan fingerprint density at radius 1 is 1.26 bits per heavy atom. The highest BCUT2D eigenvalue weighted by molar-refractivity contribution is 7.09. The smallest absolute Gasteiger partial charge is 0.272 e. The number of nitrogens with zero attached hydrogens (tertiary/aromatic N) is 2. The lowest BCUT2D eigenvalue weighted by Gasteiger charge is -2.22. The Kier molecular flexibility index (Phi) is 5.91. The highest BCUT2D eigenvalue weighted by Gasteiger charge is 2.29. The summed E-state index contributed by atoms with van der Waals surface area (Å²) in [6.07, 6.45) is 1.79. The third-order valence-electron chi connectivity index (χ3n) is 4.92. The van der Waals surface area contributed by atoms with Crippen molar-refractivity contribution in [3.63, 3.8) is 0 Å². The second-order valence-electron chi connectivity index (χ2n) is 7.01. The van der Waals surface area contributed by atoms with Crippen LogP contribution in [0.3, 0.4) is 0 Å². The van der Waals surface area contributed by atoms with Crippen molar-refractivity contribution in [1.29, 1.82) is 0 Å². The van der Waals surface area contributed by atoms with Crippen LogP contribution in [-0.4, -0.2) is 54.7 Å². The number of anilines is 2. The lowest BCUT2D eigenvalue weighted by Crippen LogP contribution is -2.42. The largest absolute Gasteiger partial charge is 0.454 e. The number of benzene rings is 1. The van der Waals surface area contributed by atoms with Crippen LogP contribution in [0.5, 0.6) is 11.5 Å². The lowest BCUT2D eigenvalue weighted by atomic mass is 10.2. The van der Waals surface area contributed by atoms with Crippen molar-refractivity contribution >= 4 is 40.6 Å². The number of nitrogens with one attached hydrogen (secondary N) is 1. The molecule has 2 aromatic rings. The van der Waals surface area contributed by atoms with Crippen molar-refractivity contribution in [1.82, 2.24) is 9.69 Å². The third-order valence-corrected chi connectivity index (χ3v) is 5.77. The van der Waals surface area contributed by atoms with Crippen LogP contribution < -0.4 is 31.2 Å². The number of fused-ring (bicyclic) bond motifs is 1. The molecule has 0 aliphatic carbocycles. The molecule has 0 spiro atoms. The molecule has 2 aliphatic rings. The number of aromatic nitrogens is 1. The van der Waals surface area contributed by atoms with Gasteiger partial charge in [-0.3, -0.25) is 19.3 Å². The van der Waals surface area contributed by atoms with Gasteiger partial charge in [-0.2, -0.15) is 4.37 Å². The van der Waals surface area contributed by atoms with E-state index in [1.165, 1.54) is 4.90 Å². The topological polar surface area (TPSA) is 159 Å². The molecule has 1 aromatic carbocycles. The summed E-state index contributed by atoms with van der Waals surface area (Å²) in [5, 5.41) is 2.79. The first-order chi connectivity index (χ1) is 14.9. The molecule has 11 nitrogen and oxygen atoms in total. The van der Waals surface area contributed by atoms with Gasteiger partial charge in [0.2, 0.25) is 12.7 Å². The van der Waals surface area contributed by atoms with Gasteiger partial charge < -0.3 is 31.0 Å². The van der Waals surface area contributed by atoms with Gasteiger partial charge in [-0.1, -0.05) is 0 Å². The van der Waals surface area contributed by atoms with Gasteiger partial charge >= 0.3 is 0 Å². The summed E-state index contributed by atoms with van der Waals surface area (Å²) in [7, 11) is 0. The van der Waals surface area contributed by atoms with Crippen LogP contribution in [0.4, 0.5) is 11.4 Å². The molecule has 0 saturated carbocycles. The quantitative estimate of drug-likeness (QED) is 0.553. The van der Waals surface area contributed by atoms with Gasteiger partial charge in [0.25, 0.3) is 11.8 Å². The SMILES string of the molecule is NC(=O)c1nsc(C(=O)N(CC(=O)NCC2CCCO2)c2ccc3c(c2)OCO3)c1N. The van der Waals surface area contributed by atoms with E-state index >= 15 is 0 Å². The first-order valence-electron chi connectivity index (χ1n) is 9.59. The maximum absolute atomic E-state index is 13.3. The first kappa shape index (κ1) is 20.9. The zero-order chi connectivity index (χ0) is 22.0. The fourth-order valence-electron chi connectivity index (χ4n) is 3.32. The van der Waals surface area contributed by atoms with Crippen LogP contribution >= 0.6 is 11.5 Å². The van der Waals surface area contributed by atoms with E-state index in [2.05, 4.69) is 9.69 Å². The van der Waals surface area contributed by atoms with Gasteiger partial charge in [0.1, 0.15) is 11.4 Å². The van der Waals surface area contributed by atoms with Gasteiger partial charge in [0.15, 0.2) is 17.2 Å². The Morgan fingerprint density at radius 2 is 2.06 bits per heavy atom. The number of carbonyl (C=O) groups is 3. The van der Waals surface area contributed by atoms with E-state index in [0.717, 1.165) is 24.4 Å². The summed E-state index contributed by atoms with van der Waals surface area (Å²) < 4.78 is 20.1. The van der Waals surface area contributed by atoms with Gasteiger partial charge in [0, 0.05) is 24.9 Å². The number of hydrogen-bond donors (Lipinski definition) is 3. The van der Waals surface area contributed by atoms with Crippen LogP contribution in [0.25, 0.3) is 0 Å². The summed E-state index contributed by atoms with van der Waals surface area (Å²) in [6, 6.07) is 4.87. The van der Waals surface area contributed by atoms with E-state index in [-0.39, 0.29) is 41.6 Å². The number of hydrogen-bond acceptors (Lipinski definition) is 9. The molecule has 0 radical (unpaired) electrons. The molecular weight excluding hydrogens is 426 g/mol. The molecule has 12 heteroatoms. The number of nitrogens with two attached hydrogens (primary N) is 2. The van der Waals surface area contributed by atoms with Crippen molar-refractivity contribution in [3.8, 4) is 11.5 Å². The molecule has 0 bridgehead atoms. The molecule has 5 N–H and O–H groups in total. The number of rotatable bonds is 7. The molecule has 3 amide bonds. The highest BCUT2D eigenvalue weighted by atomic mass is 32.1. The van der Waals surface area contributed by atoms with Gasteiger partial charge in [-0.15, -0.1) is 0 Å². The van der Waals surface area contributed by atoms with Crippen LogP contribution in [0, 0.1) is 0 Å². The summed E-state index contributed by atoms with van der Waals surface area (Å²) in [5.74, 6) is -0.817. The van der Waals surface area contributed by atoms with Crippen LogP contribution in [0.15, 0.2) is 18.2 Å². The number of carbonyl (C=O) groups excluding carboxylic acids is 3. The number of nitrogen functional groups attached to an aromatic ring is 1. The molecular formula is C19H21N5O6S. The van der Waals surface area contributed by atoms with Crippen molar-refractivity contribution in [2.45, 2.75) is 18.9 Å². The molecule has 1 saturated heterocycles. The normalized spacial score (nSPS) is 16.8. The van der Waals surface area contributed by atoms with Gasteiger partial charge in [-0.05, 0) is 36.5 Å². The second kappa shape index (κ2) is 8.78. The molecule has 1 fully saturated rings. The molecule has 164 valence electrons. The Labute approximate surface area is 181 Å². The molecule has 1 unspecified atom stereocenters. The monoisotopic (exact) mass is 447 g/mol. The van der Waals surface area contributed by atoms with Crippen molar-refractivity contribution in [3.05, 3.63) is 28.8 Å². The lowest BCUT2D eigenvalue weighted by molar-refractivity contribution is -0.120. The molecule has 1 atom stereocenters. The van der Waals surface area contributed by atoms with Crippen LogP contribution in [0.1, 0.15) is 33.0 Å². The fourth-order valence-corrected chi connectivity index (χ4v) is 4.07. The van der Waals surface area contributed by atoms with Gasteiger partial charge in [0.05, 0.1) is 11.8 Å². The van der Waals surface area contributed by atoms with E-state index in [1.807, 2.05) is 0 Å². The van der Waals surface area contributed by atoms with E-state index in [4.69, 9.17) is 25.7 Å². The maximum Gasteiger partial charge on any atom is 0.272 e. The fraction of sp³-hybridized carbons (Fsp3) is 0.368. The van der Waals surface area contributed by atoms with Crippen molar-refractivity contribution < 1.29 is 28.6 Å². The van der Waals surface area contributed by atoms with Crippen molar-refractivity contribution in [2.75, 3.05) is 37.1 Å². The summed E-state index contributed by atoms with van der Waals surface area (Å²) in [6.45, 7) is 0.818. The minimum absolute atomic E-state index is 0.0124. The Hall–Kier alpha value is -3.38. The average molecular weight is 447 g/mol. The molecule has 4 rings (SSSR count). The molecule has 31 heavy (non-hydrogen) atoms. The average Bonchev–Trinajstić information content (AvgIpc) is 3.49. The van der Waals surface area contributed by atoms with Crippen LogP contribution in [0.2, 0.25) is 0 Å². The zero-order valence-corrected chi connectivity index (χ0v) is 17.3. The minimum atomic E-state index is -0.836. The summed E-state index contributed by atoms with van der Waals surface area (Å²) >= 11 is 0.747. The van der Waals surface area contributed by atoms with Gasteiger partial charge in [-0.25, -0.2) is 0 Å². The molecule has 1 aromatic heterocycles. The maximum atomic E-state index is 13.3. The second-order valence-corrected chi connectivity index (χ2v) is 7.78. The summed E-state index contributed by atoms with van der Waals surface area (Å²) in [5.41, 5.74) is 11.3. The highest BCUT2D eigenvalue weighted by Crippen LogP contribution is 2.36. The Balaban J connectivity index is 1.58. The van der Waals surface area contributed by atoms with E-state index < -0.39 is 11.8 Å². The molecule has 2 aliphatic heterocycles. The van der Waals surface area contributed by atoms with E-state index in [1.54, 1.807) is 18.2 Å². The Morgan fingerprint density at radius 3 is 2.77 bits per heavy atom. The number of amides is 3. The standard InChI is InChI=1S/C19H21N5O6S/c20-15-16(18(21)26)23-31-17(15)19(27)24(8-14(25)22-7-11-2-1-5-28-11)10-3-4-12-13(6-10)30-9-29-12/h3-4,6,11H,1-2,5,7-9,20H2,(H2,21,26)(H,22,25). The van der Waals surface area contributed by atoms with Crippen LogP contribution in [-0.2, 0) is 9.53 Å². The third kappa shape index (κ3) is 4.39. The predicted molar refractivity (Wildman–Crippen MR) is 111 cm³/mol. The zero-order valence-electron chi connectivity index (χ0n) is 16.5. The molecule has 3 heterocycles. The van der Waals surface area contributed by atoms with Crippen molar-refractivity contribution in [2.24, 2.45) is 5.73 Å². The number of ether oxygens (including phenoxy) is 3. The first-order valence-corrected chi connectivity index (χ1v) is 10.4. The van der Waals surface area contributed by atoms with E-state index in [0.29, 0.717) is 30.3 Å². The number of primary amides is 1. The predicted octanol–water partition coefficient (Wildman–Crippen LogP) is 0.495. The summed E-state index contributed by atoms with van der Waals surface area (Å²) in [4.78, 5) is 38.6. The Bertz CT molecular complexity index is 1020.